The Labute approximate surface area is 263 Å². The van der Waals surface area contributed by atoms with Crippen molar-refractivity contribution >= 4 is 17.7 Å². The first kappa shape index (κ1) is 34.3. The maximum Gasteiger partial charge on any atom is 0.244 e. The molecule has 3 amide bonds. The van der Waals surface area contributed by atoms with Gasteiger partial charge in [-0.2, -0.15) is 0 Å². The van der Waals surface area contributed by atoms with E-state index < -0.39 is 34.9 Å². The van der Waals surface area contributed by atoms with Gasteiger partial charge >= 0.3 is 0 Å². The van der Waals surface area contributed by atoms with Crippen LogP contribution in [0.5, 0.6) is 0 Å². The lowest BCUT2D eigenvalue weighted by molar-refractivity contribution is -0.147. The predicted molar refractivity (Wildman–Crippen MR) is 169 cm³/mol. The van der Waals surface area contributed by atoms with Gasteiger partial charge < -0.3 is 14.7 Å². The lowest BCUT2D eigenvalue weighted by Crippen LogP contribution is -2.54. The summed E-state index contributed by atoms with van der Waals surface area (Å²) in [7, 11) is 3.38. The number of halogens is 2. The Morgan fingerprint density at radius 2 is 1.52 bits per heavy atom. The van der Waals surface area contributed by atoms with Crippen LogP contribution in [-0.4, -0.2) is 94.7 Å². The number of hydrogen-bond donors (Lipinski definition) is 0. The van der Waals surface area contributed by atoms with Gasteiger partial charge in [0.2, 0.25) is 17.7 Å². The highest BCUT2D eigenvalue weighted by Crippen LogP contribution is 2.42. The molecule has 0 unspecified atom stereocenters. The van der Waals surface area contributed by atoms with Crippen molar-refractivity contribution in [2.75, 3.05) is 33.7 Å². The topological polar surface area (TPSA) is 64.2 Å². The Hall–Kier alpha value is -2.55. The molecule has 3 fully saturated rings. The monoisotopic (exact) mass is 616 g/mol. The molecule has 1 aliphatic carbocycles. The summed E-state index contributed by atoms with van der Waals surface area (Å²) >= 11 is 0. The molecule has 4 atom stereocenters. The van der Waals surface area contributed by atoms with Crippen LogP contribution < -0.4 is 0 Å². The molecule has 1 saturated carbocycles. The SMILES string of the molecule is CN(C)C(=O)[C@@H]1C[C@H](N(C(=O)C(C)(C)C)C2CCC(C)(C)CC2)CN1C(=O)[C@@H]1CN(C(C)(C)C)C[C@H]1c1ccc(F)cc1F. The smallest absolute Gasteiger partial charge is 0.244 e. The van der Waals surface area contributed by atoms with Crippen LogP contribution in [0.25, 0.3) is 0 Å². The van der Waals surface area contributed by atoms with Gasteiger partial charge in [-0.3, -0.25) is 19.3 Å². The molecule has 0 bridgehead atoms. The molecular weight excluding hydrogens is 562 g/mol. The largest absolute Gasteiger partial charge is 0.347 e. The van der Waals surface area contributed by atoms with Crippen molar-refractivity contribution in [1.82, 2.24) is 19.6 Å². The Morgan fingerprint density at radius 3 is 2.05 bits per heavy atom. The summed E-state index contributed by atoms with van der Waals surface area (Å²) < 4.78 is 29.1. The lowest BCUT2D eigenvalue weighted by Gasteiger charge is -2.45. The number of carbonyl (C=O) groups is 3. The Morgan fingerprint density at radius 1 is 0.909 bits per heavy atom. The highest BCUT2D eigenvalue weighted by atomic mass is 19.1. The number of benzene rings is 1. The van der Waals surface area contributed by atoms with E-state index in [1.165, 1.54) is 17.0 Å². The van der Waals surface area contributed by atoms with E-state index in [2.05, 4.69) is 39.5 Å². The van der Waals surface area contributed by atoms with Gasteiger partial charge in [0.15, 0.2) is 0 Å². The first-order chi connectivity index (χ1) is 20.2. The molecule has 1 aromatic rings. The molecule has 0 radical (unpaired) electrons. The van der Waals surface area contributed by atoms with Crippen molar-refractivity contribution in [2.45, 2.75) is 117 Å². The minimum atomic E-state index is -0.722. The second-order valence-electron chi connectivity index (χ2n) is 16.4. The van der Waals surface area contributed by atoms with E-state index in [0.717, 1.165) is 31.7 Å². The van der Waals surface area contributed by atoms with Gasteiger partial charge in [-0.25, -0.2) is 8.78 Å². The molecule has 9 heteroatoms. The standard InChI is InChI=1S/C35H54F2N4O3/c1-33(2,3)32(44)41(23-13-15-35(7,8)16-14-23)24-18-29(31(43)38(9)10)40(19-24)30(42)27-21-39(34(4,5)6)20-26(27)25-12-11-22(36)17-28(25)37/h11-12,17,23-24,26-27,29H,13-16,18-21H2,1-10H3/t24-,26-,27+,29-/m0/s1. The third-order valence-electron chi connectivity index (χ3n) is 10.2. The molecule has 1 aromatic carbocycles. The van der Waals surface area contributed by atoms with E-state index in [4.69, 9.17) is 0 Å². The summed E-state index contributed by atoms with van der Waals surface area (Å²) in [5, 5.41) is 0. The van der Waals surface area contributed by atoms with Gasteiger partial charge in [0.05, 0.1) is 12.0 Å². The van der Waals surface area contributed by atoms with Crippen molar-refractivity contribution in [3.63, 3.8) is 0 Å². The Balaban J connectivity index is 1.71. The van der Waals surface area contributed by atoms with E-state index >= 15 is 4.39 Å². The fraction of sp³-hybridized carbons (Fsp3) is 0.743. The number of hydrogen-bond acceptors (Lipinski definition) is 4. The molecule has 4 rings (SSSR count). The maximum atomic E-state index is 15.2. The highest BCUT2D eigenvalue weighted by molar-refractivity contribution is 5.90. The van der Waals surface area contributed by atoms with Crippen LogP contribution in [0.3, 0.4) is 0 Å². The molecule has 0 N–H and O–H groups in total. The fourth-order valence-corrected chi connectivity index (χ4v) is 7.40. The van der Waals surface area contributed by atoms with E-state index in [-0.39, 0.29) is 47.3 Å². The molecule has 44 heavy (non-hydrogen) atoms. The Bertz CT molecular complexity index is 1240. The van der Waals surface area contributed by atoms with Crippen molar-refractivity contribution in [3.8, 4) is 0 Å². The van der Waals surface area contributed by atoms with Crippen LogP contribution in [0, 0.1) is 28.4 Å². The third-order valence-corrected chi connectivity index (χ3v) is 10.2. The van der Waals surface area contributed by atoms with E-state index in [0.29, 0.717) is 25.1 Å². The number of amides is 3. The highest BCUT2D eigenvalue weighted by Gasteiger charge is 2.51. The molecule has 2 heterocycles. The van der Waals surface area contributed by atoms with Crippen molar-refractivity contribution < 1.29 is 23.2 Å². The quantitative estimate of drug-likeness (QED) is 0.427. The molecular formula is C35H54F2N4O3. The second-order valence-corrected chi connectivity index (χ2v) is 16.4. The van der Waals surface area contributed by atoms with Gasteiger partial charge in [0, 0.05) is 62.7 Å². The number of nitrogens with zero attached hydrogens (tertiary/aromatic N) is 4. The van der Waals surface area contributed by atoms with Crippen molar-refractivity contribution in [2.24, 2.45) is 16.7 Å². The first-order valence-electron chi connectivity index (χ1n) is 16.3. The average molecular weight is 617 g/mol. The average Bonchev–Trinajstić information content (AvgIpc) is 3.54. The van der Waals surface area contributed by atoms with Gasteiger partial charge in [-0.15, -0.1) is 0 Å². The van der Waals surface area contributed by atoms with Crippen molar-refractivity contribution in [3.05, 3.63) is 35.4 Å². The summed E-state index contributed by atoms with van der Waals surface area (Å²) in [4.78, 5) is 49.7. The van der Waals surface area contributed by atoms with Crippen molar-refractivity contribution in [1.29, 1.82) is 0 Å². The summed E-state index contributed by atoms with van der Waals surface area (Å²) in [6, 6.07) is 2.60. The fourth-order valence-electron chi connectivity index (χ4n) is 7.40. The molecule has 246 valence electrons. The van der Waals surface area contributed by atoms with E-state index in [1.807, 2.05) is 25.7 Å². The number of likely N-dealkylation sites (tertiary alicyclic amines) is 2. The normalized spacial score (nSPS) is 26.6. The Kier molecular flexibility index (Phi) is 9.62. The maximum absolute atomic E-state index is 15.2. The lowest BCUT2D eigenvalue weighted by atomic mass is 9.74. The van der Waals surface area contributed by atoms with E-state index in [9.17, 15) is 18.8 Å². The minimum Gasteiger partial charge on any atom is -0.347 e. The zero-order valence-electron chi connectivity index (χ0n) is 28.5. The van der Waals surface area contributed by atoms with Gasteiger partial charge in [0.25, 0.3) is 0 Å². The van der Waals surface area contributed by atoms with Crippen LogP contribution in [0.4, 0.5) is 8.78 Å². The predicted octanol–water partition coefficient (Wildman–Crippen LogP) is 5.68. The molecule has 0 aromatic heterocycles. The molecule has 3 aliphatic rings. The number of likely N-dealkylation sites (N-methyl/N-ethyl adjacent to an activating group) is 1. The van der Waals surface area contributed by atoms with Crippen LogP contribution >= 0.6 is 0 Å². The number of rotatable bonds is 5. The zero-order chi connectivity index (χ0) is 32.9. The minimum absolute atomic E-state index is 0.0450. The summed E-state index contributed by atoms with van der Waals surface area (Å²) in [6.45, 7) is 17.6. The third kappa shape index (κ3) is 7.13. The van der Waals surface area contributed by atoms with Crippen LogP contribution in [0.15, 0.2) is 18.2 Å². The van der Waals surface area contributed by atoms with Crippen LogP contribution in [0.1, 0.15) is 99.0 Å². The van der Waals surface area contributed by atoms with Gasteiger partial charge in [0.1, 0.15) is 17.7 Å². The van der Waals surface area contributed by atoms with Gasteiger partial charge in [-0.05, 0) is 69.9 Å². The summed E-state index contributed by atoms with van der Waals surface area (Å²) in [6.07, 6.45) is 4.17. The second kappa shape index (κ2) is 12.3. The number of carbonyl (C=O) groups excluding carboxylic acids is 3. The first-order valence-corrected chi connectivity index (χ1v) is 16.3. The molecule has 2 aliphatic heterocycles. The van der Waals surface area contributed by atoms with Gasteiger partial charge in [-0.1, -0.05) is 40.7 Å². The molecule has 0 spiro atoms. The van der Waals surface area contributed by atoms with Crippen LogP contribution in [-0.2, 0) is 14.4 Å². The molecule has 2 saturated heterocycles. The zero-order valence-corrected chi connectivity index (χ0v) is 28.5. The molecule has 7 nitrogen and oxygen atoms in total. The van der Waals surface area contributed by atoms with E-state index in [1.54, 1.807) is 19.0 Å². The summed E-state index contributed by atoms with van der Waals surface area (Å²) in [5.74, 6) is -2.77. The van der Waals surface area contributed by atoms with Crippen LogP contribution in [0.2, 0.25) is 0 Å². The summed E-state index contributed by atoms with van der Waals surface area (Å²) in [5.41, 5.74) is -0.354.